The molecule has 0 amide bonds. The summed E-state index contributed by atoms with van der Waals surface area (Å²) in [6.45, 7) is 4.79. The quantitative estimate of drug-likeness (QED) is 0.758. The van der Waals surface area contributed by atoms with Gasteiger partial charge in [-0.2, -0.15) is 0 Å². The van der Waals surface area contributed by atoms with Crippen LogP contribution in [0.4, 0.5) is 0 Å². The molecule has 3 unspecified atom stereocenters. The minimum Gasteiger partial charge on any atom is -0.330 e. The first kappa shape index (κ1) is 11.2. The number of hydrogen-bond acceptors (Lipinski definition) is 2. The topological polar surface area (TPSA) is 43.1 Å². The van der Waals surface area contributed by atoms with Crippen LogP contribution in [0, 0.1) is 5.92 Å². The lowest BCUT2D eigenvalue weighted by Gasteiger charge is -2.31. The highest BCUT2D eigenvalue weighted by Gasteiger charge is 2.29. The van der Waals surface area contributed by atoms with Gasteiger partial charge in [-0.1, -0.05) is 26.7 Å². The molecule has 0 heterocycles. The Labute approximate surface area is 83.7 Å². The fraction of sp³-hybridized carbons (Fsp3) is 1.00. The Hall–Kier alpha value is 0.110. The van der Waals surface area contributed by atoms with Crippen LogP contribution < -0.4 is 5.73 Å². The van der Waals surface area contributed by atoms with Gasteiger partial charge in [0.05, 0.1) is 0 Å². The highest BCUT2D eigenvalue weighted by Crippen LogP contribution is 2.28. The van der Waals surface area contributed by atoms with E-state index in [1.165, 1.54) is 19.3 Å². The molecule has 2 N–H and O–H groups in total. The fourth-order valence-corrected chi connectivity index (χ4v) is 3.82. The van der Waals surface area contributed by atoms with E-state index in [1.807, 2.05) is 13.8 Å². The van der Waals surface area contributed by atoms with Crippen LogP contribution >= 0.6 is 0 Å². The van der Waals surface area contributed by atoms with E-state index >= 15 is 0 Å². The Balaban J connectivity index is 2.58. The number of hydrogen-bond donors (Lipinski definition) is 1. The second kappa shape index (κ2) is 5.11. The summed E-state index contributed by atoms with van der Waals surface area (Å²) in [6.07, 6.45) is 4.81. The van der Waals surface area contributed by atoms with Gasteiger partial charge in [0.25, 0.3) is 0 Å². The van der Waals surface area contributed by atoms with Gasteiger partial charge < -0.3 is 5.73 Å². The summed E-state index contributed by atoms with van der Waals surface area (Å²) in [6, 6.07) is 0. The zero-order chi connectivity index (χ0) is 9.84. The summed E-state index contributed by atoms with van der Waals surface area (Å²) in [7, 11) is -0.668. The van der Waals surface area contributed by atoms with E-state index < -0.39 is 10.8 Å². The zero-order valence-electron chi connectivity index (χ0n) is 8.66. The van der Waals surface area contributed by atoms with E-state index in [0.717, 1.165) is 6.42 Å². The predicted molar refractivity (Wildman–Crippen MR) is 58.1 cm³/mol. The third kappa shape index (κ3) is 2.78. The largest absolute Gasteiger partial charge is 0.330 e. The molecule has 0 aromatic heterocycles. The summed E-state index contributed by atoms with van der Waals surface area (Å²) >= 11 is 0. The lowest BCUT2D eigenvalue weighted by molar-refractivity contribution is 0.371. The average Bonchev–Trinajstić information content (AvgIpc) is 2.16. The molecule has 1 fully saturated rings. The summed E-state index contributed by atoms with van der Waals surface area (Å²) in [5.74, 6) is 0.511. The molecule has 0 bridgehead atoms. The maximum Gasteiger partial charge on any atom is 0.0390 e. The monoisotopic (exact) mass is 203 g/mol. The Bertz CT molecular complexity index is 182. The standard InChI is InChI=1S/C10H21NOS/c1-8(2)13(12)10-6-4-3-5-9(10)7-11/h8-10H,3-7,11H2,1-2H3. The molecular weight excluding hydrogens is 182 g/mol. The number of nitrogens with two attached hydrogens (primary N) is 1. The lowest BCUT2D eigenvalue weighted by atomic mass is 9.89. The van der Waals surface area contributed by atoms with Crippen molar-refractivity contribution in [3.05, 3.63) is 0 Å². The van der Waals surface area contributed by atoms with Crippen LogP contribution in [0.5, 0.6) is 0 Å². The van der Waals surface area contributed by atoms with Crippen LogP contribution in [0.3, 0.4) is 0 Å². The summed E-state index contributed by atoms with van der Waals surface area (Å²) < 4.78 is 11.9. The lowest BCUT2D eigenvalue weighted by Crippen LogP contribution is -2.36. The molecule has 2 nitrogen and oxygen atoms in total. The first-order chi connectivity index (χ1) is 6.16. The van der Waals surface area contributed by atoms with Crippen molar-refractivity contribution in [1.29, 1.82) is 0 Å². The molecule has 3 atom stereocenters. The smallest absolute Gasteiger partial charge is 0.0390 e. The van der Waals surface area contributed by atoms with E-state index in [1.54, 1.807) is 0 Å². The average molecular weight is 203 g/mol. The molecule has 3 heteroatoms. The van der Waals surface area contributed by atoms with E-state index in [9.17, 15) is 4.21 Å². The second-order valence-corrected chi connectivity index (χ2v) is 6.40. The van der Waals surface area contributed by atoms with Gasteiger partial charge in [0.1, 0.15) is 0 Å². The summed E-state index contributed by atoms with van der Waals surface area (Å²) in [4.78, 5) is 0. The number of rotatable bonds is 3. The van der Waals surface area contributed by atoms with Crippen molar-refractivity contribution >= 4 is 10.8 Å². The zero-order valence-corrected chi connectivity index (χ0v) is 9.48. The Morgan fingerprint density at radius 3 is 2.54 bits per heavy atom. The molecule has 0 radical (unpaired) electrons. The van der Waals surface area contributed by atoms with Gasteiger partial charge >= 0.3 is 0 Å². The highest BCUT2D eigenvalue weighted by atomic mass is 32.2. The van der Waals surface area contributed by atoms with Crippen LogP contribution in [0.2, 0.25) is 0 Å². The second-order valence-electron chi connectivity index (χ2n) is 4.20. The maximum atomic E-state index is 11.9. The minimum atomic E-state index is -0.668. The molecule has 0 aromatic carbocycles. The van der Waals surface area contributed by atoms with Crippen LogP contribution in [-0.2, 0) is 10.8 Å². The van der Waals surface area contributed by atoms with Crippen molar-refractivity contribution in [2.45, 2.75) is 50.0 Å². The van der Waals surface area contributed by atoms with Gasteiger partial charge in [-0.3, -0.25) is 4.21 Å². The van der Waals surface area contributed by atoms with E-state index in [-0.39, 0.29) is 5.25 Å². The summed E-state index contributed by atoms with van der Waals surface area (Å²) in [5.41, 5.74) is 5.70. The molecule has 0 saturated heterocycles. The van der Waals surface area contributed by atoms with Crippen molar-refractivity contribution in [3.8, 4) is 0 Å². The Morgan fingerprint density at radius 2 is 2.00 bits per heavy atom. The van der Waals surface area contributed by atoms with E-state index in [0.29, 0.717) is 17.7 Å². The Morgan fingerprint density at radius 1 is 1.38 bits per heavy atom. The van der Waals surface area contributed by atoms with Gasteiger partial charge in [-0.25, -0.2) is 0 Å². The normalized spacial score (nSPS) is 32.0. The van der Waals surface area contributed by atoms with Gasteiger partial charge in [-0.05, 0) is 25.3 Å². The third-order valence-corrected chi connectivity index (χ3v) is 5.05. The van der Waals surface area contributed by atoms with Crippen LogP contribution in [0.25, 0.3) is 0 Å². The van der Waals surface area contributed by atoms with Gasteiger partial charge in [-0.15, -0.1) is 0 Å². The van der Waals surface area contributed by atoms with E-state index in [2.05, 4.69) is 0 Å². The first-order valence-corrected chi connectivity index (χ1v) is 6.54. The fourth-order valence-electron chi connectivity index (χ4n) is 2.10. The molecule has 0 aliphatic heterocycles. The van der Waals surface area contributed by atoms with Gasteiger partial charge in [0.15, 0.2) is 0 Å². The van der Waals surface area contributed by atoms with Gasteiger partial charge in [0, 0.05) is 21.3 Å². The van der Waals surface area contributed by atoms with Crippen molar-refractivity contribution in [1.82, 2.24) is 0 Å². The van der Waals surface area contributed by atoms with Crippen molar-refractivity contribution in [3.63, 3.8) is 0 Å². The Kier molecular flexibility index (Phi) is 4.39. The molecule has 1 aliphatic rings. The molecular formula is C10H21NOS. The van der Waals surface area contributed by atoms with Gasteiger partial charge in [0.2, 0.25) is 0 Å². The van der Waals surface area contributed by atoms with Crippen LogP contribution in [-0.4, -0.2) is 21.3 Å². The molecule has 13 heavy (non-hydrogen) atoms. The predicted octanol–water partition coefficient (Wildman–Crippen LogP) is 1.66. The van der Waals surface area contributed by atoms with Crippen molar-refractivity contribution < 1.29 is 4.21 Å². The SMILES string of the molecule is CC(C)S(=O)C1CCCCC1CN. The van der Waals surface area contributed by atoms with Crippen LogP contribution in [0.1, 0.15) is 39.5 Å². The molecule has 1 aliphatic carbocycles. The molecule has 1 saturated carbocycles. The van der Waals surface area contributed by atoms with Crippen LogP contribution in [0.15, 0.2) is 0 Å². The minimum absolute atomic E-state index is 0.289. The van der Waals surface area contributed by atoms with Crippen molar-refractivity contribution in [2.24, 2.45) is 11.7 Å². The molecule has 0 aromatic rings. The first-order valence-electron chi connectivity index (χ1n) is 5.26. The summed E-state index contributed by atoms with van der Waals surface area (Å²) in [5, 5.41) is 0.663. The third-order valence-electron chi connectivity index (χ3n) is 2.91. The highest BCUT2D eigenvalue weighted by molar-refractivity contribution is 7.86. The molecule has 1 rings (SSSR count). The molecule has 78 valence electrons. The maximum absolute atomic E-state index is 11.9. The van der Waals surface area contributed by atoms with E-state index in [4.69, 9.17) is 5.73 Å². The van der Waals surface area contributed by atoms with Crippen molar-refractivity contribution in [2.75, 3.05) is 6.54 Å². The molecule has 0 spiro atoms.